The van der Waals surface area contributed by atoms with Crippen LogP contribution in [0.15, 0.2) is 78.9 Å². The molecule has 3 aromatic rings. The largest absolute Gasteiger partial charge is 0.493 e. The topological polar surface area (TPSA) is 48.0 Å². The molecule has 0 unspecified atom stereocenters. The van der Waals surface area contributed by atoms with Gasteiger partial charge in [0.1, 0.15) is 0 Å². The number of benzene rings is 3. The highest BCUT2D eigenvalue weighted by Crippen LogP contribution is 2.33. The molecule has 5 nitrogen and oxygen atoms in total. The molecule has 4 rings (SSSR count). The normalized spacial score (nSPS) is 14.2. The third-order valence-corrected chi connectivity index (χ3v) is 5.59. The molecule has 32 heavy (non-hydrogen) atoms. The molecule has 0 atom stereocenters. The summed E-state index contributed by atoms with van der Waals surface area (Å²) in [5.41, 5.74) is 4.96. The Kier molecular flexibility index (Phi) is 6.87. The van der Waals surface area contributed by atoms with Crippen LogP contribution in [0, 0.1) is 0 Å². The number of rotatable bonds is 6. The van der Waals surface area contributed by atoms with Crippen LogP contribution in [0.25, 0.3) is 16.7 Å². The second kappa shape index (κ2) is 10.2. The summed E-state index contributed by atoms with van der Waals surface area (Å²) in [5, 5.41) is 0. The van der Waals surface area contributed by atoms with Gasteiger partial charge in [0, 0.05) is 19.2 Å². The molecule has 1 aliphatic heterocycles. The van der Waals surface area contributed by atoms with Crippen LogP contribution in [0.3, 0.4) is 0 Å². The summed E-state index contributed by atoms with van der Waals surface area (Å²) in [7, 11) is 3.22. The van der Waals surface area contributed by atoms with Crippen molar-refractivity contribution in [1.82, 2.24) is 4.90 Å². The zero-order valence-corrected chi connectivity index (χ0v) is 18.4. The molecule has 0 aliphatic carbocycles. The number of amides is 1. The van der Waals surface area contributed by atoms with Gasteiger partial charge in [-0.15, -0.1) is 0 Å². The fourth-order valence-electron chi connectivity index (χ4n) is 3.81. The van der Waals surface area contributed by atoms with Crippen molar-refractivity contribution >= 4 is 11.5 Å². The van der Waals surface area contributed by atoms with Crippen molar-refractivity contribution in [3.05, 3.63) is 90.0 Å². The Hall–Kier alpha value is -3.57. The standard InChI is InChI=1S/C27H27NO4/c1-30-25-13-12-23(18-26(25)31-2)24(19-27(29)28-14-16-32-17-15-28)22-10-8-21(9-11-22)20-6-4-3-5-7-20/h3-13,18-19H,14-17H2,1-2H3. The lowest BCUT2D eigenvalue weighted by molar-refractivity contribution is -0.129. The van der Waals surface area contributed by atoms with Crippen LogP contribution in [0.2, 0.25) is 0 Å². The minimum atomic E-state index is -0.0229. The summed E-state index contributed by atoms with van der Waals surface area (Å²) in [6.07, 6.45) is 1.71. The van der Waals surface area contributed by atoms with Crippen LogP contribution in [0.4, 0.5) is 0 Å². The van der Waals surface area contributed by atoms with Crippen LogP contribution >= 0.6 is 0 Å². The van der Waals surface area contributed by atoms with Crippen LogP contribution < -0.4 is 9.47 Å². The quantitative estimate of drug-likeness (QED) is 0.535. The number of hydrogen-bond acceptors (Lipinski definition) is 4. The van der Waals surface area contributed by atoms with Gasteiger partial charge in [-0.05, 0) is 40.0 Å². The lowest BCUT2D eigenvalue weighted by Gasteiger charge is -2.26. The molecule has 0 spiro atoms. The van der Waals surface area contributed by atoms with Gasteiger partial charge in [0.15, 0.2) is 11.5 Å². The number of nitrogens with zero attached hydrogens (tertiary/aromatic N) is 1. The number of hydrogen-bond donors (Lipinski definition) is 0. The summed E-state index contributed by atoms with van der Waals surface area (Å²) in [4.78, 5) is 14.9. The van der Waals surface area contributed by atoms with E-state index in [1.807, 2.05) is 41.3 Å². The van der Waals surface area contributed by atoms with Gasteiger partial charge in [-0.2, -0.15) is 0 Å². The molecule has 164 valence electrons. The second-order valence-corrected chi connectivity index (χ2v) is 7.51. The van der Waals surface area contributed by atoms with Gasteiger partial charge < -0.3 is 19.1 Å². The maximum Gasteiger partial charge on any atom is 0.247 e. The van der Waals surface area contributed by atoms with Crippen LogP contribution in [-0.4, -0.2) is 51.3 Å². The van der Waals surface area contributed by atoms with Crippen molar-refractivity contribution in [2.45, 2.75) is 0 Å². The Morgan fingerprint density at radius 1 is 0.812 bits per heavy atom. The van der Waals surface area contributed by atoms with Crippen molar-refractivity contribution in [1.29, 1.82) is 0 Å². The first kappa shape index (κ1) is 21.7. The minimum Gasteiger partial charge on any atom is -0.493 e. The molecule has 1 fully saturated rings. The third-order valence-electron chi connectivity index (χ3n) is 5.59. The lowest BCUT2D eigenvalue weighted by atomic mass is 9.94. The highest BCUT2D eigenvalue weighted by atomic mass is 16.5. The Morgan fingerprint density at radius 2 is 1.44 bits per heavy atom. The van der Waals surface area contributed by atoms with Crippen LogP contribution in [0.5, 0.6) is 11.5 Å². The first-order chi connectivity index (χ1) is 15.7. The van der Waals surface area contributed by atoms with Crippen molar-refractivity contribution in [3.8, 4) is 22.6 Å². The van der Waals surface area contributed by atoms with Crippen molar-refractivity contribution in [2.75, 3.05) is 40.5 Å². The molecule has 1 amide bonds. The molecule has 5 heteroatoms. The summed E-state index contributed by atoms with van der Waals surface area (Å²) in [6.45, 7) is 2.33. The molecule has 0 bridgehead atoms. The average Bonchev–Trinajstić information content (AvgIpc) is 2.88. The van der Waals surface area contributed by atoms with Gasteiger partial charge in [0.2, 0.25) is 5.91 Å². The molecular weight excluding hydrogens is 402 g/mol. The van der Waals surface area contributed by atoms with Gasteiger partial charge in [-0.25, -0.2) is 0 Å². The van der Waals surface area contributed by atoms with Gasteiger partial charge in [-0.1, -0.05) is 60.7 Å². The van der Waals surface area contributed by atoms with Gasteiger partial charge >= 0.3 is 0 Å². The first-order valence-electron chi connectivity index (χ1n) is 10.7. The first-order valence-corrected chi connectivity index (χ1v) is 10.7. The van der Waals surface area contributed by atoms with E-state index in [-0.39, 0.29) is 5.91 Å². The van der Waals surface area contributed by atoms with E-state index in [4.69, 9.17) is 14.2 Å². The molecule has 0 aromatic heterocycles. The average molecular weight is 430 g/mol. The molecular formula is C27H27NO4. The summed E-state index contributed by atoms with van der Waals surface area (Å²) >= 11 is 0. The Morgan fingerprint density at radius 3 is 2.09 bits per heavy atom. The number of methoxy groups -OCH3 is 2. The molecule has 3 aromatic carbocycles. The van der Waals surface area contributed by atoms with Gasteiger partial charge in [0.05, 0.1) is 27.4 Å². The fraction of sp³-hybridized carbons (Fsp3) is 0.222. The molecule has 0 radical (unpaired) electrons. The number of carbonyl (C=O) groups excluding carboxylic acids is 1. The smallest absolute Gasteiger partial charge is 0.247 e. The predicted molar refractivity (Wildman–Crippen MR) is 126 cm³/mol. The SMILES string of the molecule is COc1ccc(C(=CC(=O)N2CCOCC2)c2ccc(-c3ccccc3)cc2)cc1OC. The zero-order chi connectivity index (χ0) is 22.3. The number of morpholine rings is 1. The molecule has 1 saturated heterocycles. The van der Waals surface area contributed by atoms with Crippen molar-refractivity contribution in [3.63, 3.8) is 0 Å². The van der Waals surface area contributed by atoms with E-state index in [0.717, 1.165) is 27.8 Å². The van der Waals surface area contributed by atoms with E-state index in [2.05, 4.69) is 36.4 Å². The fourth-order valence-corrected chi connectivity index (χ4v) is 3.81. The van der Waals surface area contributed by atoms with Crippen LogP contribution in [-0.2, 0) is 9.53 Å². The molecule has 1 aliphatic rings. The van der Waals surface area contributed by atoms with E-state index >= 15 is 0 Å². The molecule has 1 heterocycles. The lowest BCUT2D eigenvalue weighted by Crippen LogP contribution is -2.39. The molecule has 0 N–H and O–H groups in total. The molecule has 0 saturated carbocycles. The van der Waals surface area contributed by atoms with Gasteiger partial charge in [0.25, 0.3) is 0 Å². The maximum absolute atomic E-state index is 13.1. The Balaban J connectivity index is 1.73. The predicted octanol–water partition coefficient (Wildman–Crippen LogP) is 4.66. The Labute approximate surface area is 188 Å². The van der Waals surface area contributed by atoms with E-state index in [1.165, 1.54) is 0 Å². The zero-order valence-electron chi connectivity index (χ0n) is 18.4. The number of carbonyl (C=O) groups is 1. The minimum absolute atomic E-state index is 0.0229. The summed E-state index contributed by atoms with van der Waals surface area (Å²) in [5.74, 6) is 1.25. The highest BCUT2D eigenvalue weighted by Gasteiger charge is 2.18. The third kappa shape index (κ3) is 4.84. The second-order valence-electron chi connectivity index (χ2n) is 7.51. The summed E-state index contributed by atoms with van der Waals surface area (Å²) in [6, 6.07) is 24.2. The highest BCUT2D eigenvalue weighted by molar-refractivity contribution is 5.99. The number of ether oxygens (including phenoxy) is 3. The van der Waals surface area contributed by atoms with Gasteiger partial charge in [-0.3, -0.25) is 4.79 Å². The monoisotopic (exact) mass is 429 g/mol. The van der Waals surface area contributed by atoms with Crippen molar-refractivity contribution in [2.24, 2.45) is 0 Å². The van der Waals surface area contributed by atoms with Crippen molar-refractivity contribution < 1.29 is 19.0 Å². The Bertz CT molecular complexity index is 1080. The van der Waals surface area contributed by atoms with E-state index in [1.54, 1.807) is 20.3 Å². The van der Waals surface area contributed by atoms with E-state index in [0.29, 0.717) is 37.8 Å². The van der Waals surface area contributed by atoms with E-state index in [9.17, 15) is 4.79 Å². The maximum atomic E-state index is 13.1. The summed E-state index contributed by atoms with van der Waals surface area (Å²) < 4.78 is 16.3. The van der Waals surface area contributed by atoms with Crippen LogP contribution in [0.1, 0.15) is 11.1 Å². The van der Waals surface area contributed by atoms with E-state index < -0.39 is 0 Å².